The summed E-state index contributed by atoms with van der Waals surface area (Å²) in [4.78, 5) is 56.3. The van der Waals surface area contributed by atoms with E-state index in [0.717, 1.165) is 26.2 Å². The number of hydrogen-bond acceptors (Lipinski definition) is 6. The maximum Gasteiger partial charge on any atom is 0.262 e. The van der Waals surface area contributed by atoms with Gasteiger partial charge in [0.2, 0.25) is 0 Å². The highest BCUT2D eigenvalue weighted by molar-refractivity contribution is 6.22. The van der Waals surface area contributed by atoms with E-state index in [4.69, 9.17) is 0 Å². The highest BCUT2D eigenvalue weighted by Gasteiger charge is 2.35. The predicted octanol–water partition coefficient (Wildman–Crippen LogP) is 1.20. The highest BCUT2D eigenvalue weighted by Crippen LogP contribution is 2.22. The van der Waals surface area contributed by atoms with Gasteiger partial charge in [-0.1, -0.05) is 47.9 Å². The molecular formula is C28H24N4O4. The third-order valence-electron chi connectivity index (χ3n) is 6.55. The van der Waals surface area contributed by atoms with Gasteiger partial charge in [-0.25, -0.2) is 0 Å². The van der Waals surface area contributed by atoms with Crippen LogP contribution in [0.1, 0.15) is 41.4 Å². The van der Waals surface area contributed by atoms with E-state index in [1.807, 2.05) is 0 Å². The molecule has 0 saturated carbocycles. The van der Waals surface area contributed by atoms with Crippen molar-refractivity contribution in [1.29, 1.82) is 0 Å². The fourth-order valence-corrected chi connectivity index (χ4v) is 4.48. The SMILES string of the molecule is O=C1c2ccccc2C(=O)N1CC#CCN1CCN(CC#CCN2C(=O)c3ccccc3C2=O)CC1. The molecule has 0 aromatic heterocycles. The normalized spacial score (nSPS) is 17.4. The van der Waals surface area contributed by atoms with E-state index in [-0.39, 0.29) is 36.7 Å². The van der Waals surface area contributed by atoms with E-state index in [1.54, 1.807) is 48.5 Å². The summed E-state index contributed by atoms with van der Waals surface area (Å²) in [5.74, 6) is 10.9. The van der Waals surface area contributed by atoms with E-state index < -0.39 is 0 Å². The molecule has 3 aliphatic heterocycles. The van der Waals surface area contributed by atoms with Crippen LogP contribution in [0.3, 0.4) is 0 Å². The van der Waals surface area contributed by atoms with Crippen LogP contribution in [0.15, 0.2) is 48.5 Å². The Morgan fingerprint density at radius 1 is 0.472 bits per heavy atom. The summed E-state index contributed by atoms with van der Waals surface area (Å²) in [6, 6.07) is 13.7. The molecule has 0 N–H and O–H groups in total. The van der Waals surface area contributed by atoms with Crippen LogP contribution < -0.4 is 0 Å². The summed E-state index contributed by atoms with van der Waals surface area (Å²) in [7, 11) is 0. The Balaban J connectivity index is 1.03. The van der Waals surface area contributed by atoms with Crippen molar-refractivity contribution in [3.05, 3.63) is 70.8 Å². The lowest BCUT2D eigenvalue weighted by molar-refractivity contribution is 0.0659. The van der Waals surface area contributed by atoms with Gasteiger partial charge < -0.3 is 0 Å². The molecule has 0 aliphatic carbocycles. The topological polar surface area (TPSA) is 81.2 Å². The minimum absolute atomic E-state index is 0.0923. The molecule has 5 rings (SSSR count). The second-order valence-electron chi connectivity index (χ2n) is 8.74. The molecule has 180 valence electrons. The largest absolute Gasteiger partial charge is 0.290 e. The molecule has 0 spiro atoms. The minimum Gasteiger partial charge on any atom is -0.290 e. The van der Waals surface area contributed by atoms with Crippen molar-refractivity contribution in [3.63, 3.8) is 0 Å². The average Bonchev–Trinajstić information content (AvgIpc) is 3.30. The molecule has 8 heteroatoms. The van der Waals surface area contributed by atoms with Crippen molar-refractivity contribution in [2.75, 3.05) is 52.4 Å². The quantitative estimate of drug-likeness (QED) is 0.483. The molecule has 3 heterocycles. The van der Waals surface area contributed by atoms with Crippen molar-refractivity contribution >= 4 is 23.6 Å². The number of fused-ring (bicyclic) bond motifs is 2. The molecule has 0 unspecified atom stereocenters. The summed E-state index contributed by atoms with van der Waals surface area (Å²) < 4.78 is 0. The van der Waals surface area contributed by atoms with Gasteiger partial charge in [-0.3, -0.25) is 38.8 Å². The Morgan fingerprint density at radius 2 is 0.750 bits per heavy atom. The number of rotatable bonds is 4. The number of nitrogens with zero attached hydrogens (tertiary/aromatic N) is 4. The number of imide groups is 2. The summed E-state index contributed by atoms with van der Waals surface area (Å²) in [6.45, 7) is 4.67. The van der Waals surface area contributed by atoms with Gasteiger partial charge in [-0.2, -0.15) is 0 Å². The van der Waals surface area contributed by atoms with Gasteiger partial charge in [0.25, 0.3) is 23.6 Å². The molecule has 3 aliphatic rings. The second kappa shape index (κ2) is 10.2. The summed E-state index contributed by atoms with van der Waals surface area (Å²) in [5, 5.41) is 0. The number of amides is 4. The van der Waals surface area contributed by atoms with Gasteiger partial charge in [-0.15, -0.1) is 0 Å². The van der Waals surface area contributed by atoms with Crippen molar-refractivity contribution < 1.29 is 19.2 Å². The monoisotopic (exact) mass is 480 g/mol. The van der Waals surface area contributed by atoms with E-state index in [0.29, 0.717) is 35.3 Å². The van der Waals surface area contributed by atoms with Crippen LogP contribution in [0.2, 0.25) is 0 Å². The molecular weight excluding hydrogens is 456 g/mol. The average molecular weight is 481 g/mol. The molecule has 36 heavy (non-hydrogen) atoms. The fourth-order valence-electron chi connectivity index (χ4n) is 4.48. The van der Waals surface area contributed by atoms with Crippen LogP contribution in [-0.4, -0.2) is 95.6 Å². The number of carbonyl (C=O) groups is 4. The molecule has 8 nitrogen and oxygen atoms in total. The Bertz CT molecular complexity index is 1190. The molecule has 1 saturated heterocycles. The van der Waals surface area contributed by atoms with Crippen LogP contribution in [0.4, 0.5) is 0 Å². The lowest BCUT2D eigenvalue weighted by atomic mass is 10.1. The first-order chi connectivity index (χ1) is 17.5. The second-order valence-corrected chi connectivity index (χ2v) is 8.74. The van der Waals surface area contributed by atoms with Gasteiger partial charge in [0.1, 0.15) is 0 Å². The molecule has 0 atom stereocenters. The van der Waals surface area contributed by atoms with E-state index in [9.17, 15) is 19.2 Å². The molecule has 0 bridgehead atoms. The Hall–Kier alpha value is -4.24. The minimum atomic E-state index is -0.289. The molecule has 1 fully saturated rings. The van der Waals surface area contributed by atoms with Gasteiger partial charge in [0, 0.05) is 26.2 Å². The summed E-state index contributed by atoms with van der Waals surface area (Å²) in [6.07, 6.45) is 0. The maximum absolute atomic E-state index is 12.4. The number of piperazine rings is 1. The summed E-state index contributed by atoms with van der Waals surface area (Å²) >= 11 is 0. The molecule has 4 amide bonds. The predicted molar refractivity (Wildman–Crippen MR) is 132 cm³/mol. The number of benzene rings is 2. The third-order valence-corrected chi connectivity index (χ3v) is 6.55. The first-order valence-corrected chi connectivity index (χ1v) is 11.8. The smallest absolute Gasteiger partial charge is 0.262 e. The van der Waals surface area contributed by atoms with Crippen molar-refractivity contribution in [2.45, 2.75) is 0 Å². The Morgan fingerprint density at radius 3 is 1.06 bits per heavy atom. The van der Waals surface area contributed by atoms with Crippen molar-refractivity contribution in [2.24, 2.45) is 0 Å². The van der Waals surface area contributed by atoms with Crippen LogP contribution in [0.25, 0.3) is 0 Å². The van der Waals surface area contributed by atoms with Gasteiger partial charge in [0.15, 0.2) is 0 Å². The number of carbonyl (C=O) groups excluding carboxylic acids is 4. The van der Waals surface area contributed by atoms with Gasteiger partial charge >= 0.3 is 0 Å². The Kier molecular flexibility index (Phi) is 6.64. The maximum atomic E-state index is 12.4. The lowest BCUT2D eigenvalue weighted by Crippen LogP contribution is -2.46. The van der Waals surface area contributed by atoms with E-state index in [1.165, 1.54) is 9.80 Å². The van der Waals surface area contributed by atoms with Crippen molar-refractivity contribution in [1.82, 2.24) is 19.6 Å². The van der Waals surface area contributed by atoms with Crippen LogP contribution >= 0.6 is 0 Å². The molecule has 2 aromatic rings. The zero-order valence-corrected chi connectivity index (χ0v) is 19.7. The first kappa shape index (κ1) is 23.5. The van der Waals surface area contributed by atoms with Crippen LogP contribution in [0, 0.1) is 23.7 Å². The Labute approximate surface area is 209 Å². The lowest BCUT2D eigenvalue weighted by Gasteiger charge is -2.32. The molecule has 2 aromatic carbocycles. The number of hydrogen-bond donors (Lipinski definition) is 0. The first-order valence-electron chi connectivity index (χ1n) is 11.8. The standard InChI is InChI=1S/C28H24N4O4/c33-25-21-9-1-2-10-22(21)26(34)31(25)15-7-5-13-29-17-19-30(20-18-29)14-6-8-16-32-27(35)23-11-3-4-12-24(23)28(32)36/h1-4,9-12H,13-20H2. The van der Waals surface area contributed by atoms with E-state index >= 15 is 0 Å². The van der Waals surface area contributed by atoms with Crippen LogP contribution in [0.5, 0.6) is 0 Å². The zero-order valence-electron chi connectivity index (χ0n) is 19.7. The fraction of sp³-hybridized carbons (Fsp3) is 0.286. The zero-order chi connectivity index (χ0) is 25.1. The van der Waals surface area contributed by atoms with Crippen LogP contribution in [-0.2, 0) is 0 Å². The third kappa shape index (κ3) is 4.52. The van der Waals surface area contributed by atoms with Gasteiger partial charge in [-0.05, 0) is 24.3 Å². The van der Waals surface area contributed by atoms with Crippen molar-refractivity contribution in [3.8, 4) is 23.7 Å². The highest BCUT2D eigenvalue weighted by atomic mass is 16.2. The van der Waals surface area contributed by atoms with E-state index in [2.05, 4.69) is 33.5 Å². The van der Waals surface area contributed by atoms with Gasteiger partial charge in [0.05, 0.1) is 48.4 Å². The summed E-state index contributed by atoms with van der Waals surface area (Å²) in [5.41, 5.74) is 1.75. The molecule has 0 radical (unpaired) electrons.